The SMILES string of the molecule is COCCOc1ccc(C(=O)NC2(C(O)O)CCC(C)CC2)cc1OCCc1cccc(Cl)c1. The molecular formula is C26H34ClNO6. The van der Waals surface area contributed by atoms with Gasteiger partial charge in [-0.3, -0.25) is 4.79 Å². The summed E-state index contributed by atoms with van der Waals surface area (Å²) in [5.74, 6) is 1.04. The summed E-state index contributed by atoms with van der Waals surface area (Å²) in [5.41, 5.74) is 0.342. The summed E-state index contributed by atoms with van der Waals surface area (Å²) in [6.45, 7) is 3.25. The summed E-state index contributed by atoms with van der Waals surface area (Å²) >= 11 is 6.06. The van der Waals surface area contributed by atoms with Gasteiger partial charge < -0.3 is 29.7 Å². The van der Waals surface area contributed by atoms with Crippen LogP contribution in [0.3, 0.4) is 0 Å². The van der Waals surface area contributed by atoms with Crippen LogP contribution < -0.4 is 14.8 Å². The fourth-order valence-corrected chi connectivity index (χ4v) is 4.32. The average Bonchev–Trinajstić information content (AvgIpc) is 2.81. The number of benzene rings is 2. The summed E-state index contributed by atoms with van der Waals surface area (Å²) in [6, 6.07) is 12.5. The van der Waals surface area contributed by atoms with Crippen molar-refractivity contribution < 1.29 is 29.2 Å². The molecule has 0 aromatic heterocycles. The molecule has 1 aliphatic rings. The summed E-state index contributed by atoms with van der Waals surface area (Å²) in [7, 11) is 1.59. The summed E-state index contributed by atoms with van der Waals surface area (Å²) in [6.07, 6.45) is 1.67. The molecule has 7 nitrogen and oxygen atoms in total. The molecule has 0 heterocycles. The highest BCUT2D eigenvalue weighted by atomic mass is 35.5. The fraction of sp³-hybridized carbons (Fsp3) is 0.500. The molecule has 1 aliphatic carbocycles. The van der Waals surface area contributed by atoms with Gasteiger partial charge in [0.1, 0.15) is 6.61 Å². The number of halogens is 1. The lowest BCUT2D eigenvalue weighted by atomic mass is 9.76. The van der Waals surface area contributed by atoms with Crippen molar-refractivity contribution in [3.63, 3.8) is 0 Å². The zero-order chi connectivity index (χ0) is 24.6. The monoisotopic (exact) mass is 491 g/mol. The van der Waals surface area contributed by atoms with E-state index >= 15 is 0 Å². The Balaban J connectivity index is 1.74. The quantitative estimate of drug-likeness (QED) is 0.325. The zero-order valence-corrected chi connectivity index (χ0v) is 20.5. The normalized spacial score (nSPS) is 20.2. The van der Waals surface area contributed by atoms with Crippen molar-refractivity contribution in [2.75, 3.05) is 26.9 Å². The maximum Gasteiger partial charge on any atom is 0.252 e. The summed E-state index contributed by atoms with van der Waals surface area (Å²) in [5, 5.41) is 23.6. The van der Waals surface area contributed by atoms with E-state index in [4.69, 9.17) is 25.8 Å². The van der Waals surface area contributed by atoms with E-state index in [-0.39, 0.29) is 5.91 Å². The first-order valence-electron chi connectivity index (χ1n) is 11.6. The van der Waals surface area contributed by atoms with E-state index in [2.05, 4.69) is 12.2 Å². The van der Waals surface area contributed by atoms with Crippen LogP contribution in [0.25, 0.3) is 0 Å². The van der Waals surface area contributed by atoms with E-state index in [1.54, 1.807) is 25.3 Å². The Labute approximate surface area is 206 Å². The first-order valence-corrected chi connectivity index (χ1v) is 12.0. The van der Waals surface area contributed by atoms with Gasteiger partial charge in [0.05, 0.1) is 18.8 Å². The molecule has 2 aromatic carbocycles. The van der Waals surface area contributed by atoms with Gasteiger partial charge in [0.2, 0.25) is 0 Å². The minimum atomic E-state index is -1.63. The molecule has 0 aliphatic heterocycles. The number of amides is 1. The smallest absolute Gasteiger partial charge is 0.252 e. The standard InChI is InChI=1S/C26H34ClNO6/c1-18-8-11-26(12-9-18,25(30)31)28-24(29)20-6-7-22(34-15-14-32-2)23(17-20)33-13-10-19-4-3-5-21(27)16-19/h3-7,16-18,25,30-31H,8-15H2,1-2H3,(H,28,29). The van der Waals surface area contributed by atoms with E-state index in [0.717, 1.165) is 18.4 Å². The van der Waals surface area contributed by atoms with Crippen LogP contribution >= 0.6 is 11.6 Å². The van der Waals surface area contributed by atoms with E-state index in [1.807, 2.05) is 24.3 Å². The minimum Gasteiger partial charge on any atom is -0.489 e. The Morgan fingerprint density at radius 2 is 1.82 bits per heavy atom. The number of aliphatic hydroxyl groups excluding tert-OH is 1. The number of rotatable bonds is 11. The maximum absolute atomic E-state index is 13.1. The van der Waals surface area contributed by atoms with E-state index < -0.39 is 11.8 Å². The molecule has 3 rings (SSSR count). The van der Waals surface area contributed by atoms with E-state index in [0.29, 0.717) is 67.1 Å². The molecule has 0 spiro atoms. The number of hydrogen-bond acceptors (Lipinski definition) is 6. The summed E-state index contributed by atoms with van der Waals surface area (Å²) in [4.78, 5) is 13.1. The van der Waals surface area contributed by atoms with Crippen molar-refractivity contribution in [2.24, 2.45) is 5.92 Å². The lowest BCUT2D eigenvalue weighted by Gasteiger charge is -2.41. The van der Waals surface area contributed by atoms with Crippen molar-refractivity contribution in [3.8, 4) is 11.5 Å². The highest BCUT2D eigenvalue weighted by Crippen LogP contribution is 2.35. The number of ether oxygens (including phenoxy) is 3. The topological polar surface area (TPSA) is 97.3 Å². The second-order valence-electron chi connectivity index (χ2n) is 8.90. The number of nitrogens with one attached hydrogen (secondary N) is 1. The van der Waals surface area contributed by atoms with Crippen LogP contribution in [0.1, 0.15) is 48.5 Å². The highest BCUT2D eigenvalue weighted by Gasteiger charge is 2.41. The Kier molecular flexibility index (Phi) is 9.59. The molecule has 1 saturated carbocycles. The molecule has 1 amide bonds. The minimum absolute atomic E-state index is 0.338. The van der Waals surface area contributed by atoms with Crippen LogP contribution in [0.15, 0.2) is 42.5 Å². The average molecular weight is 492 g/mol. The highest BCUT2D eigenvalue weighted by molar-refractivity contribution is 6.30. The third-order valence-electron chi connectivity index (χ3n) is 6.31. The van der Waals surface area contributed by atoms with Gasteiger partial charge in [-0.15, -0.1) is 0 Å². The van der Waals surface area contributed by atoms with Crippen LogP contribution in [0.5, 0.6) is 11.5 Å². The van der Waals surface area contributed by atoms with Gasteiger partial charge >= 0.3 is 0 Å². The predicted molar refractivity (Wildman–Crippen MR) is 131 cm³/mol. The van der Waals surface area contributed by atoms with Crippen molar-refractivity contribution in [1.82, 2.24) is 5.32 Å². The van der Waals surface area contributed by atoms with E-state index in [9.17, 15) is 15.0 Å². The van der Waals surface area contributed by atoms with Gasteiger partial charge in [0.25, 0.3) is 5.91 Å². The van der Waals surface area contributed by atoms with Crippen LogP contribution in [0.2, 0.25) is 5.02 Å². The molecule has 1 fully saturated rings. The molecule has 186 valence electrons. The lowest BCUT2D eigenvalue weighted by molar-refractivity contribution is -0.119. The van der Waals surface area contributed by atoms with Gasteiger partial charge in [-0.1, -0.05) is 30.7 Å². The van der Waals surface area contributed by atoms with Crippen LogP contribution in [0, 0.1) is 5.92 Å². The Morgan fingerprint density at radius 3 is 2.50 bits per heavy atom. The number of carbonyl (C=O) groups is 1. The Morgan fingerprint density at radius 1 is 1.09 bits per heavy atom. The van der Waals surface area contributed by atoms with Gasteiger partial charge in [0.15, 0.2) is 17.8 Å². The molecule has 2 aromatic rings. The Bertz CT molecular complexity index is 943. The van der Waals surface area contributed by atoms with Gasteiger partial charge in [-0.2, -0.15) is 0 Å². The van der Waals surface area contributed by atoms with Gasteiger partial charge in [-0.25, -0.2) is 0 Å². The molecule has 0 bridgehead atoms. The summed E-state index contributed by atoms with van der Waals surface area (Å²) < 4.78 is 16.8. The molecule has 34 heavy (non-hydrogen) atoms. The zero-order valence-electron chi connectivity index (χ0n) is 19.8. The predicted octanol–water partition coefficient (Wildman–Crippen LogP) is 3.98. The molecule has 0 radical (unpaired) electrons. The van der Waals surface area contributed by atoms with Crippen molar-refractivity contribution in [3.05, 3.63) is 58.6 Å². The number of carbonyl (C=O) groups excluding carboxylic acids is 1. The first kappa shape index (κ1) is 26.3. The van der Waals surface area contributed by atoms with Crippen molar-refractivity contribution in [2.45, 2.75) is 50.9 Å². The lowest BCUT2D eigenvalue weighted by Crippen LogP contribution is -2.58. The molecular weight excluding hydrogens is 458 g/mol. The third kappa shape index (κ3) is 7.09. The molecule has 3 N–H and O–H groups in total. The van der Waals surface area contributed by atoms with Gasteiger partial charge in [-0.05, 0) is 67.5 Å². The second-order valence-corrected chi connectivity index (χ2v) is 9.33. The number of hydrogen-bond donors (Lipinski definition) is 3. The van der Waals surface area contributed by atoms with E-state index in [1.165, 1.54) is 0 Å². The molecule has 8 heteroatoms. The number of aliphatic hydroxyl groups is 2. The van der Waals surface area contributed by atoms with Crippen molar-refractivity contribution in [1.29, 1.82) is 0 Å². The third-order valence-corrected chi connectivity index (χ3v) is 6.55. The van der Waals surface area contributed by atoms with Gasteiger partial charge in [0, 0.05) is 24.1 Å². The number of methoxy groups -OCH3 is 1. The van der Waals surface area contributed by atoms with Crippen LogP contribution in [0.4, 0.5) is 0 Å². The largest absolute Gasteiger partial charge is 0.489 e. The molecule has 0 saturated heterocycles. The molecule has 0 atom stereocenters. The Hall–Kier alpha value is -2.32. The van der Waals surface area contributed by atoms with Crippen molar-refractivity contribution >= 4 is 17.5 Å². The first-order chi connectivity index (χ1) is 16.3. The second kappa shape index (κ2) is 12.4. The van der Waals surface area contributed by atoms with Crippen LogP contribution in [-0.2, 0) is 11.2 Å². The fourth-order valence-electron chi connectivity index (χ4n) is 4.11. The molecule has 0 unspecified atom stereocenters. The maximum atomic E-state index is 13.1. The van der Waals surface area contributed by atoms with Crippen LogP contribution in [-0.4, -0.2) is 54.9 Å².